The number of rotatable bonds is 5. The SMILES string of the molecule is COc1ccc(S(=O)(=O)N(C(=O)Oc2ccccc2)c2cc3sc(=O)oc3c3ccccc23)cc1. The minimum atomic E-state index is -4.45. The van der Waals surface area contributed by atoms with Crippen LogP contribution in [0.1, 0.15) is 0 Å². The second-order valence-electron chi connectivity index (χ2n) is 7.35. The lowest BCUT2D eigenvalue weighted by atomic mass is 10.1. The van der Waals surface area contributed by atoms with E-state index < -0.39 is 21.1 Å². The van der Waals surface area contributed by atoms with Gasteiger partial charge in [0.15, 0.2) is 5.58 Å². The third-order valence-corrected chi connectivity index (χ3v) is 7.72. The van der Waals surface area contributed by atoms with E-state index in [-0.39, 0.29) is 16.3 Å². The molecule has 0 saturated carbocycles. The van der Waals surface area contributed by atoms with Crippen LogP contribution in [0.5, 0.6) is 11.5 Å². The lowest BCUT2D eigenvalue weighted by molar-refractivity contribution is 0.211. The largest absolute Gasteiger partial charge is 0.497 e. The first-order chi connectivity index (χ1) is 16.9. The summed E-state index contributed by atoms with van der Waals surface area (Å²) in [6.07, 6.45) is -1.13. The maximum Gasteiger partial charge on any atom is 0.434 e. The van der Waals surface area contributed by atoms with Crippen LogP contribution >= 0.6 is 11.3 Å². The number of methoxy groups -OCH3 is 1. The van der Waals surface area contributed by atoms with Crippen LogP contribution in [0.2, 0.25) is 0 Å². The molecule has 35 heavy (non-hydrogen) atoms. The number of carbonyl (C=O) groups is 1. The van der Waals surface area contributed by atoms with Crippen LogP contribution in [-0.2, 0) is 10.0 Å². The van der Waals surface area contributed by atoms with Gasteiger partial charge in [0.2, 0.25) is 0 Å². The molecule has 1 amide bonds. The van der Waals surface area contributed by atoms with Gasteiger partial charge in [0.1, 0.15) is 11.5 Å². The van der Waals surface area contributed by atoms with Crippen molar-refractivity contribution >= 4 is 54.2 Å². The van der Waals surface area contributed by atoms with Crippen molar-refractivity contribution in [2.24, 2.45) is 0 Å². The predicted octanol–water partition coefficient (Wildman–Crippen LogP) is 5.41. The van der Waals surface area contributed by atoms with E-state index in [4.69, 9.17) is 13.9 Å². The van der Waals surface area contributed by atoms with E-state index in [1.807, 2.05) is 0 Å². The molecule has 5 aromatic rings. The molecule has 10 heteroatoms. The lowest BCUT2D eigenvalue weighted by Crippen LogP contribution is -2.39. The van der Waals surface area contributed by atoms with Crippen LogP contribution in [0.25, 0.3) is 21.1 Å². The highest BCUT2D eigenvalue weighted by molar-refractivity contribution is 7.93. The smallest absolute Gasteiger partial charge is 0.434 e. The fraction of sp³-hybridized carbons (Fsp3) is 0.0400. The zero-order valence-electron chi connectivity index (χ0n) is 18.2. The second-order valence-corrected chi connectivity index (χ2v) is 10.1. The minimum Gasteiger partial charge on any atom is -0.497 e. The Balaban J connectivity index is 1.75. The molecule has 0 bridgehead atoms. The lowest BCUT2D eigenvalue weighted by Gasteiger charge is -2.23. The summed E-state index contributed by atoms with van der Waals surface area (Å²) >= 11 is 0.813. The van der Waals surface area contributed by atoms with Crippen molar-refractivity contribution in [2.45, 2.75) is 4.90 Å². The third kappa shape index (κ3) is 4.13. The Morgan fingerprint density at radius 3 is 2.23 bits per heavy atom. The first-order valence-corrected chi connectivity index (χ1v) is 12.6. The van der Waals surface area contributed by atoms with Crippen LogP contribution in [0.15, 0.2) is 99.0 Å². The van der Waals surface area contributed by atoms with Crippen molar-refractivity contribution in [3.63, 3.8) is 0 Å². The van der Waals surface area contributed by atoms with Gasteiger partial charge in [-0.3, -0.25) is 0 Å². The van der Waals surface area contributed by atoms with Gasteiger partial charge in [0.25, 0.3) is 10.0 Å². The number of amides is 1. The summed E-state index contributed by atoms with van der Waals surface area (Å²) in [4.78, 5) is 24.8. The first kappa shape index (κ1) is 22.6. The van der Waals surface area contributed by atoms with Gasteiger partial charge in [-0.2, -0.15) is 4.31 Å². The van der Waals surface area contributed by atoms with Crippen molar-refractivity contribution in [1.29, 1.82) is 0 Å². The van der Waals surface area contributed by atoms with E-state index in [0.29, 0.717) is 31.1 Å². The van der Waals surface area contributed by atoms with Gasteiger partial charge in [-0.05, 0) is 42.5 Å². The molecule has 176 valence electrons. The molecule has 0 aliphatic carbocycles. The molecule has 0 N–H and O–H groups in total. The Kier molecular flexibility index (Phi) is 5.75. The molecule has 8 nitrogen and oxygen atoms in total. The first-order valence-electron chi connectivity index (χ1n) is 10.3. The molecular formula is C25H17NO7S2. The van der Waals surface area contributed by atoms with Crippen LogP contribution < -0.4 is 18.7 Å². The molecule has 5 rings (SSSR count). The zero-order chi connectivity index (χ0) is 24.6. The molecule has 4 aromatic carbocycles. The van der Waals surface area contributed by atoms with E-state index >= 15 is 0 Å². The van der Waals surface area contributed by atoms with E-state index in [1.165, 1.54) is 37.4 Å². The number of hydrogen-bond donors (Lipinski definition) is 0. The summed E-state index contributed by atoms with van der Waals surface area (Å²) in [7, 11) is -2.99. The second kappa shape index (κ2) is 8.90. The van der Waals surface area contributed by atoms with E-state index in [0.717, 1.165) is 11.3 Å². The van der Waals surface area contributed by atoms with Crippen LogP contribution in [-0.4, -0.2) is 21.6 Å². The Bertz CT molecular complexity index is 1710. The van der Waals surface area contributed by atoms with E-state index in [9.17, 15) is 18.0 Å². The average Bonchev–Trinajstić information content (AvgIpc) is 3.25. The van der Waals surface area contributed by atoms with E-state index in [2.05, 4.69) is 0 Å². The fourth-order valence-corrected chi connectivity index (χ4v) is 5.71. The topological polar surface area (TPSA) is 103 Å². The van der Waals surface area contributed by atoms with Gasteiger partial charge in [0, 0.05) is 10.8 Å². The summed E-state index contributed by atoms with van der Waals surface area (Å²) in [6, 6.07) is 22.0. The van der Waals surface area contributed by atoms with Crippen molar-refractivity contribution in [3.8, 4) is 11.5 Å². The molecule has 1 aromatic heterocycles. The molecule has 0 spiro atoms. The molecule has 0 unspecified atom stereocenters. The van der Waals surface area contributed by atoms with Crippen LogP contribution in [0.4, 0.5) is 10.5 Å². The molecule has 0 radical (unpaired) electrons. The van der Waals surface area contributed by atoms with E-state index in [1.54, 1.807) is 54.6 Å². The Morgan fingerprint density at radius 2 is 1.54 bits per heavy atom. The van der Waals surface area contributed by atoms with Crippen LogP contribution in [0, 0.1) is 0 Å². The maximum absolute atomic E-state index is 13.9. The van der Waals surface area contributed by atoms with Gasteiger partial charge < -0.3 is 13.9 Å². The minimum absolute atomic E-state index is 0.0295. The number of benzene rings is 4. The van der Waals surface area contributed by atoms with Gasteiger partial charge in [0.05, 0.1) is 22.4 Å². The standard InChI is InChI=1S/C25H17NO7S2/c1-31-16-11-13-18(14-12-16)35(29,30)26(24(27)32-17-7-3-2-4-8-17)21-15-22-23(33-25(28)34-22)20-10-6-5-9-19(20)21/h2-15H,1H3. The average molecular weight is 508 g/mol. The highest BCUT2D eigenvalue weighted by Gasteiger charge is 2.35. The maximum atomic E-state index is 13.9. The monoisotopic (exact) mass is 507 g/mol. The number of fused-ring (bicyclic) bond motifs is 3. The molecular weight excluding hydrogens is 490 g/mol. The van der Waals surface area contributed by atoms with Crippen molar-refractivity contribution in [1.82, 2.24) is 0 Å². The molecule has 0 aliphatic rings. The summed E-state index contributed by atoms with van der Waals surface area (Å²) < 4.78 is 44.6. The number of hydrogen-bond acceptors (Lipinski definition) is 8. The predicted molar refractivity (Wildman–Crippen MR) is 133 cm³/mol. The number of ether oxygens (including phenoxy) is 2. The number of anilines is 1. The number of sulfonamides is 1. The number of para-hydroxylation sites is 1. The highest BCUT2D eigenvalue weighted by Crippen LogP contribution is 2.38. The van der Waals surface area contributed by atoms with Gasteiger partial charge in [-0.25, -0.2) is 18.0 Å². The quantitative estimate of drug-likeness (QED) is 0.313. The van der Waals surface area contributed by atoms with Gasteiger partial charge in [-0.1, -0.05) is 53.8 Å². The molecule has 0 saturated heterocycles. The molecule has 0 atom stereocenters. The third-order valence-electron chi connectivity index (χ3n) is 5.25. The van der Waals surface area contributed by atoms with Crippen molar-refractivity contribution < 1.29 is 27.1 Å². The van der Waals surface area contributed by atoms with Gasteiger partial charge >= 0.3 is 11.0 Å². The summed E-state index contributed by atoms with van der Waals surface area (Å²) in [5.41, 5.74) is 0.347. The summed E-state index contributed by atoms with van der Waals surface area (Å²) in [5.74, 6) is 0.628. The van der Waals surface area contributed by atoms with Crippen LogP contribution in [0.3, 0.4) is 0 Å². The molecule has 0 fully saturated rings. The zero-order valence-corrected chi connectivity index (χ0v) is 19.8. The number of carbonyl (C=O) groups excluding carboxylic acids is 1. The van der Waals surface area contributed by atoms with Gasteiger partial charge in [-0.15, -0.1) is 0 Å². The molecule has 0 aliphatic heterocycles. The summed E-state index contributed by atoms with van der Waals surface area (Å²) in [6.45, 7) is 0. The van der Waals surface area contributed by atoms with Crippen molar-refractivity contribution in [3.05, 3.63) is 94.7 Å². The summed E-state index contributed by atoms with van der Waals surface area (Å²) in [5, 5.41) is 0.879. The number of nitrogens with zero attached hydrogens (tertiary/aromatic N) is 1. The van der Waals surface area contributed by atoms with Crippen molar-refractivity contribution in [2.75, 3.05) is 11.4 Å². The Hall–Kier alpha value is -4.15. The fourth-order valence-electron chi connectivity index (χ4n) is 3.66. The Morgan fingerprint density at radius 1 is 0.886 bits per heavy atom. The highest BCUT2D eigenvalue weighted by atomic mass is 32.2. The normalized spacial score (nSPS) is 11.5. The molecule has 1 heterocycles. The Labute approximate surface area is 203 Å².